The van der Waals surface area contributed by atoms with Crippen LogP contribution in [-0.2, 0) is 4.79 Å². The first-order valence-corrected chi connectivity index (χ1v) is 6.97. The number of fused-ring (bicyclic) bond motifs is 1. The zero-order valence-corrected chi connectivity index (χ0v) is 11.9. The molecule has 2 aliphatic rings. The number of amides is 1. The van der Waals surface area contributed by atoms with Gasteiger partial charge in [-0.15, -0.1) is 0 Å². The second-order valence-electron chi connectivity index (χ2n) is 5.03. The van der Waals surface area contributed by atoms with Gasteiger partial charge in [0.25, 0.3) is 5.91 Å². The molecule has 1 aromatic rings. The van der Waals surface area contributed by atoms with Crippen LogP contribution in [0.4, 0.5) is 0 Å². The summed E-state index contributed by atoms with van der Waals surface area (Å²) in [7, 11) is 0. The topological polar surface area (TPSA) is 58.6 Å². The molecule has 0 aromatic heterocycles. The lowest BCUT2D eigenvalue weighted by Gasteiger charge is -2.20. The van der Waals surface area contributed by atoms with E-state index in [1.54, 1.807) is 0 Å². The van der Waals surface area contributed by atoms with E-state index in [1.807, 2.05) is 24.3 Å². The molecule has 1 aliphatic heterocycles. The van der Waals surface area contributed by atoms with Crippen LogP contribution in [0.5, 0.6) is 5.75 Å². The molecule has 1 aliphatic carbocycles. The lowest BCUT2D eigenvalue weighted by molar-refractivity contribution is -0.119. The van der Waals surface area contributed by atoms with E-state index in [2.05, 4.69) is 21.2 Å². The van der Waals surface area contributed by atoms with Crippen molar-refractivity contribution >= 4 is 27.9 Å². The van der Waals surface area contributed by atoms with Crippen molar-refractivity contribution in [3.05, 3.63) is 33.8 Å². The summed E-state index contributed by atoms with van der Waals surface area (Å²) in [5.74, 6) is 0.625. The third kappa shape index (κ3) is 2.53. The minimum atomic E-state index is -0.393. The van der Waals surface area contributed by atoms with Gasteiger partial charge < -0.3 is 15.2 Å². The van der Waals surface area contributed by atoms with E-state index in [9.17, 15) is 9.90 Å². The monoisotopic (exact) mass is 323 g/mol. The van der Waals surface area contributed by atoms with Crippen LogP contribution in [0.2, 0.25) is 0 Å². The second kappa shape index (κ2) is 4.65. The van der Waals surface area contributed by atoms with E-state index in [0.29, 0.717) is 5.57 Å². The number of halogens is 1. The van der Waals surface area contributed by atoms with Crippen molar-refractivity contribution in [1.82, 2.24) is 5.32 Å². The molecule has 2 N–H and O–H groups in total. The minimum Gasteiger partial charge on any atom is -0.488 e. The zero-order chi connectivity index (χ0) is 13.5. The van der Waals surface area contributed by atoms with Crippen LogP contribution in [0.3, 0.4) is 0 Å². The lowest BCUT2D eigenvalue weighted by Crippen LogP contribution is -2.41. The third-order valence-electron chi connectivity index (χ3n) is 3.51. The number of aliphatic hydroxyl groups is 1. The molecule has 4 nitrogen and oxygen atoms in total. The quantitative estimate of drug-likeness (QED) is 0.892. The molecule has 1 heterocycles. The van der Waals surface area contributed by atoms with Crippen LogP contribution in [0.1, 0.15) is 18.4 Å². The van der Waals surface area contributed by atoms with Crippen LogP contribution in [0, 0.1) is 0 Å². The average Bonchev–Trinajstić information content (AvgIpc) is 3.18. The van der Waals surface area contributed by atoms with Crippen LogP contribution in [-0.4, -0.2) is 29.8 Å². The molecule has 0 radical (unpaired) electrons. The summed E-state index contributed by atoms with van der Waals surface area (Å²) in [5, 5.41) is 12.1. The number of rotatable bonds is 3. The molecule has 1 fully saturated rings. The number of ether oxygens (including phenoxy) is 1. The summed E-state index contributed by atoms with van der Waals surface area (Å²) in [5.41, 5.74) is 1.08. The van der Waals surface area contributed by atoms with Crippen LogP contribution < -0.4 is 10.1 Å². The first-order valence-electron chi connectivity index (χ1n) is 6.18. The Morgan fingerprint density at radius 2 is 2.26 bits per heavy atom. The lowest BCUT2D eigenvalue weighted by atomic mass is 10.1. The predicted molar refractivity (Wildman–Crippen MR) is 74.8 cm³/mol. The fourth-order valence-corrected chi connectivity index (χ4v) is 2.45. The van der Waals surface area contributed by atoms with Gasteiger partial charge in [-0.2, -0.15) is 0 Å². The molecule has 0 unspecified atom stereocenters. The average molecular weight is 324 g/mol. The Morgan fingerprint density at radius 1 is 1.47 bits per heavy atom. The highest BCUT2D eigenvalue weighted by molar-refractivity contribution is 9.10. The fourth-order valence-electron chi connectivity index (χ4n) is 2.07. The zero-order valence-electron chi connectivity index (χ0n) is 10.3. The molecular formula is C14H14BrNO3. The summed E-state index contributed by atoms with van der Waals surface area (Å²) in [4.78, 5) is 12.1. The number of hydrogen-bond donors (Lipinski definition) is 2. The van der Waals surface area contributed by atoms with Crippen molar-refractivity contribution in [1.29, 1.82) is 0 Å². The smallest absolute Gasteiger partial charge is 0.251 e. The number of aliphatic hydroxyl groups excluding tert-OH is 1. The molecule has 3 rings (SSSR count). The normalized spacial score (nSPS) is 18.9. The predicted octanol–water partition coefficient (Wildman–Crippen LogP) is 1.87. The number of hydrogen-bond acceptors (Lipinski definition) is 3. The molecule has 0 atom stereocenters. The van der Waals surface area contributed by atoms with Crippen molar-refractivity contribution in [2.45, 2.75) is 18.4 Å². The van der Waals surface area contributed by atoms with Gasteiger partial charge in [-0.25, -0.2) is 0 Å². The molecule has 0 bridgehead atoms. The van der Waals surface area contributed by atoms with Crippen molar-refractivity contribution in [2.24, 2.45) is 0 Å². The summed E-state index contributed by atoms with van der Waals surface area (Å²) in [6.45, 7) is 0.261. The van der Waals surface area contributed by atoms with Gasteiger partial charge in [-0.05, 0) is 37.1 Å². The number of carbonyl (C=O) groups is 1. The van der Waals surface area contributed by atoms with Gasteiger partial charge in [-0.1, -0.05) is 15.9 Å². The Labute approximate surface area is 119 Å². The molecular weight excluding hydrogens is 310 g/mol. The molecule has 5 heteroatoms. The molecule has 1 aromatic carbocycles. The molecule has 100 valence electrons. The minimum absolute atomic E-state index is 0.00495. The van der Waals surface area contributed by atoms with Crippen LogP contribution in [0.15, 0.2) is 28.2 Å². The maximum Gasteiger partial charge on any atom is 0.251 e. The summed E-state index contributed by atoms with van der Waals surface area (Å²) in [6.07, 6.45) is 3.52. The highest BCUT2D eigenvalue weighted by Crippen LogP contribution is 2.35. The number of benzene rings is 1. The van der Waals surface area contributed by atoms with E-state index >= 15 is 0 Å². The van der Waals surface area contributed by atoms with Crippen molar-refractivity contribution in [3.8, 4) is 5.75 Å². The summed E-state index contributed by atoms with van der Waals surface area (Å²) in [6, 6.07) is 5.70. The first kappa shape index (κ1) is 12.7. The Morgan fingerprint density at radius 3 is 2.95 bits per heavy atom. The van der Waals surface area contributed by atoms with Crippen LogP contribution in [0.25, 0.3) is 6.08 Å². The Balaban J connectivity index is 1.80. The van der Waals surface area contributed by atoms with Gasteiger partial charge in [0.15, 0.2) is 0 Å². The van der Waals surface area contributed by atoms with Crippen molar-refractivity contribution in [3.63, 3.8) is 0 Å². The van der Waals surface area contributed by atoms with Gasteiger partial charge >= 0.3 is 0 Å². The second-order valence-corrected chi connectivity index (χ2v) is 5.95. The Bertz CT molecular complexity index is 564. The molecule has 1 saturated carbocycles. The largest absolute Gasteiger partial charge is 0.488 e. The van der Waals surface area contributed by atoms with Crippen molar-refractivity contribution < 1.29 is 14.6 Å². The van der Waals surface area contributed by atoms with Gasteiger partial charge in [0.05, 0.1) is 17.7 Å². The SMILES string of the molecule is O=C(NC1(CO)CC1)C1=Cc2cc(Br)ccc2OC1. The highest BCUT2D eigenvalue weighted by Gasteiger charge is 2.43. The third-order valence-corrected chi connectivity index (χ3v) is 4.00. The van der Waals surface area contributed by atoms with Gasteiger partial charge in [0.1, 0.15) is 12.4 Å². The summed E-state index contributed by atoms with van der Waals surface area (Å²) < 4.78 is 6.51. The fraction of sp³-hybridized carbons (Fsp3) is 0.357. The van der Waals surface area contributed by atoms with Gasteiger partial charge in [-0.3, -0.25) is 4.79 Å². The maximum atomic E-state index is 12.1. The van der Waals surface area contributed by atoms with E-state index in [-0.39, 0.29) is 19.1 Å². The standard InChI is InChI=1S/C14H14BrNO3/c15-11-1-2-12-9(6-11)5-10(7-19-12)13(18)16-14(8-17)3-4-14/h1-2,5-6,17H,3-4,7-8H2,(H,16,18). The van der Waals surface area contributed by atoms with E-state index in [1.165, 1.54) is 0 Å². The molecule has 19 heavy (non-hydrogen) atoms. The number of nitrogens with one attached hydrogen (secondary N) is 1. The van der Waals surface area contributed by atoms with Crippen molar-refractivity contribution in [2.75, 3.05) is 13.2 Å². The van der Waals surface area contributed by atoms with E-state index in [4.69, 9.17) is 4.74 Å². The summed E-state index contributed by atoms with van der Waals surface area (Å²) >= 11 is 3.40. The maximum absolute atomic E-state index is 12.1. The molecule has 0 spiro atoms. The van der Waals surface area contributed by atoms with Gasteiger partial charge in [0, 0.05) is 10.0 Å². The Hall–Kier alpha value is -1.33. The molecule has 1 amide bonds. The molecule has 0 saturated heterocycles. The number of carbonyl (C=O) groups excluding carboxylic acids is 1. The van der Waals surface area contributed by atoms with Crippen LogP contribution >= 0.6 is 15.9 Å². The first-order chi connectivity index (χ1) is 9.12. The van der Waals surface area contributed by atoms with E-state index < -0.39 is 5.54 Å². The highest BCUT2D eigenvalue weighted by atomic mass is 79.9. The Kier molecular flexibility index (Phi) is 3.11. The van der Waals surface area contributed by atoms with Gasteiger partial charge in [0.2, 0.25) is 0 Å². The van der Waals surface area contributed by atoms with E-state index in [0.717, 1.165) is 28.6 Å².